The predicted molar refractivity (Wildman–Crippen MR) is 141 cm³/mol. The number of H-pyrrole nitrogens is 1. The Balaban J connectivity index is 1.82. The lowest BCUT2D eigenvalue weighted by Gasteiger charge is -2.36. The molecule has 0 saturated heterocycles. The number of hydrogen-bond acceptors (Lipinski definition) is 2. The van der Waals surface area contributed by atoms with E-state index < -0.39 is 5.54 Å². The fourth-order valence-corrected chi connectivity index (χ4v) is 5.27. The number of fused-ring (bicyclic) bond motifs is 3. The van der Waals surface area contributed by atoms with Crippen LogP contribution in [0.3, 0.4) is 0 Å². The van der Waals surface area contributed by atoms with Gasteiger partial charge >= 0.3 is 0 Å². The molecule has 0 amide bonds. The van der Waals surface area contributed by atoms with E-state index in [0.717, 1.165) is 32.6 Å². The Hall–Kier alpha value is -4.44. The molecule has 2 heterocycles. The molecule has 170 valence electrons. The van der Waals surface area contributed by atoms with E-state index >= 15 is 0 Å². The maximum atomic E-state index is 13.7. The Morgan fingerprint density at radius 1 is 0.829 bits per heavy atom. The summed E-state index contributed by atoms with van der Waals surface area (Å²) in [7, 11) is 0. The zero-order valence-electron chi connectivity index (χ0n) is 19.4. The highest BCUT2D eigenvalue weighted by Gasteiger charge is 2.40. The van der Waals surface area contributed by atoms with E-state index in [1.54, 1.807) is 0 Å². The fourth-order valence-electron chi connectivity index (χ4n) is 5.27. The van der Waals surface area contributed by atoms with E-state index in [9.17, 15) is 4.79 Å². The first-order chi connectivity index (χ1) is 17.2. The molecule has 0 bridgehead atoms. The lowest BCUT2D eigenvalue weighted by molar-refractivity contribution is 0.474. The van der Waals surface area contributed by atoms with Crippen molar-refractivity contribution >= 4 is 23.1 Å². The Labute approximate surface area is 203 Å². The molecule has 0 aliphatic heterocycles. The van der Waals surface area contributed by atoms with Crippen LogP contribution < -0.4 is 16.1 Å². The van der Waals surface area contributed by atoms with Crippen LogP contribution in [0.2, 0.25) is 0 Å². The van der Waals surface area contributed by atoms with Gasteiger partial charge in [0.25, 0.3) is 5.56 Å². The summed E-state index contributed by atoms with van der Waals surface area (Å²) in [5.74, 6) is 0.243. The minimum Gasteiger partial charge on any atom is -0.320 e. The van der Waals surface area contributed by atoms with Crippen LogP contribution in [0.15, 0.2) is 114 Å². The van der Waals surface area contributed by atoms with Crippen LogP contribution in [0.5, 0.6) is 0 Å². The molecular formula is C31H25N3O. The van der Waals surface area contributed by atoms with Gasteiger partial charge < -0.3 is 4.98 Å². The maximum absolute atomic E-state index is 13.7. The van der Waals surface area contributed by atoms with Crippen molar-refractivity contribution in [3.8, 4) is 0 Å². The van der Waals surface area contributed by atoms with Gasteiger partial charge in [-0.1, -0.05) is 116 Å². The highest BCUT2D eigenvalue weighted by Crippen LogP contribution is 2.41. The largest absolute Gasteiger partial charge is 0.320 e. The second-order valence-corrected chi connectivity index (χ2v) is 8.99. The molecule has 1 aliphatic rings. The van der Waals surface area contributed by atoms with Crippen LogP contribution in [0, 0.1) is 5.92 Å². The summed E-state index contributed by atoms with van der Waals surface area (Å²) in [4.78, 5) is 16.8. The molecule has 6 rings (SSSR count). The molecule has 1 atom stereocenters. The molecule has 35 heavy (non-hydrogen) atoms. The molecule has 4 heteroatoms. The standard InChI is InChI=1S/C31H25N3O/c1-22-12-11-19-28-26(20-22)27-21-32-34(29(27)30(35)33-28)31(23-13-5-2-6-14-23,24-15-7-3-8-16-24)25-17-9-4-10-18-25/h2-22H,1H3,(H,33,35). The fraction of sp³-hybridized carbons (Fsp3) is 0.0968. The average Bonchev–Trinajstić information content (AvgIpc) is 3.26. The van der Waals surface area contributed by atoms with Crippen molar-refractivity contribution in [2.45, 2.75) is 12.5 Å². The van der Waals surface area contributed by atoms with Gasteiger partial charge in [-0.3, -0.25) is 4.79 Å². The molecular weight excluding hydrogens is 430 g/mol. The number of aromatic nitrogens is 3. The van der Waals surface area contributed by atoms with E-state index in [1.807, 2.05) is 77.6 Å². The van der Waals surface area contributed by atoms with E-state index in [2.05, 4.69) is 60.5 Å². The molecule has 1 aliphatic carbocycles. The smallest absolute Gasteiger partial charge is 0.274 e. The highest BCUT2D eigenvalue weighted by molar-refractivity contribution is 5.81. The minimum atomic E-state index is -0.842. The summed E-state index contributed by atoms with van der Waals surface area (Å²) in [6.07, 6.45) is 10.1. The summed E-state index contributed by atoms with van der Waals surface area (Å²) in [6, 6.07) is 30.9. The van der Waals surface area contributed by atoms with Gasteiger partial charge in [-0.25, -0.2) is 4.68 Å². The van der Waals surface area contributed by atoms with Crippen molar-refractivity contribution in [3.05, 3.63) is 147 Å². The van der Waals surface area contributed by atoms with Gasteiger partial charge in [-0.2, -0.15) is 5.10 Å². The number of aromatic amines is 1. The van der Waals surface area contributed by atoms with Crippen molar-refractivity contribution < 1.29 is 0 Å². The van der Waals surface area contributed by atoms with Gasteiger partial charge in [-0.05, 0) is 28.7 Å². The Morgan fingerprint density at radius 2 is 1.37 bits per heavy atom. The quantitative estimate of drug-likeness (QED) is 0.410. The number of nitrogens with one attached hydrogen (secondary N) is 1. The van der Waals surface area contributed by atoms with Gasteiger partial charge in [-0.15, -0.1) is 0 Å². The van der Waals surface area contributed by atoms with Crippen molar-refractivity contribution in [1.29, 1.82) is 0 Å². The van der Waals surface area contributed by atoms with E-state index in [0.29, 0.717) is 5.52 Å². The van der Waals surface area contributed by atoms with E-state index in [1.165, 1.54) is 0 Å². The lowest BCUT2D eigenvalue weighted by atomic mass is 9.77. The molecule has 2 aromatic heterocycles. The first kappa shape index (κ1) is 21.1. The van der Waals surface area contributed by atoms with Gasteiger partial charge in [0.05, 0.1) is 6.20 Å². The first-order valence-corrected chi connectivity index (χ1v) is 11.9. The van der Waals surface area contributed by atoms with Gasteiger partial charge in [0.15, 0.2) is 0 Å². The zero-order chi connectivity index (χ0) is 23.8. The monoisotopic (exact) mass is 455 g/mol. The number of benzene rings is 3. The van der Waals surface area contributed by atoms with Crippen molar-refractivity contribution in [2.24, 2.45) is 5.92 Å². The minimum absolute atomic E-state index is 0.156. The summed E-state index contributed by atoms with van der Waals surface area (Å²) in [5, 5.41) is 7.63. The Morgan fingerprint density at radius 3 is 1.91 bits per heavy atom. The molecule has 1 unspecified atom stereocenters. The second-order valence-electron chi connectivity index (χ2n) is 8.99. The van der Waals surface area contributed by atoms with Crippen molar-refractivity contribution in [2.75, 3.05) is 0 Å². The molecule has 0 saturated carbocycles. The molecule has 3 aromatic carbocycles. The third-order valence-electron chi connectivity index (χ3n) is 6.81. The topological polar surface area (TPSA) is 50.7 Å². The number of hydrogen-bond donors (Lipinski definition) is 1. The summed E-state index contributed by atoms with van der Waals surface area (Å²) in [6.45, 7) is 2.14. The van der Waals surface area contributed by atoms with Crippen LogP contribution in [0.1, 0.15) is 23.6 Å². The molecule has 4 nitrogen and oxygen atoms in total. The van der Waals surface area contributed by atoms with Crippen LogP contribution in [-0.4, -0.2) is 14.8 Å². The van der Waals surface area contributed by atoms with Gasteiger partial charge in [0, 0.05) is 16.0 Å². The average molecular weight is 456 g/mol. The predicted octanol–water partition coefficient (Wildman–Crippen LogP) is 4.33. The van der Waals surface area contributed by atoms with Crippen molar-refractivity contribution in [3.63, 3.8) is 0 Å². The Kier molecular flexibility index (Phi) is 5.07. The molecule has 0 fully saturated rings. The third-order valence-corrected chi connectivity index (χ3v) is 6.81. The number of rotatable bonds is 4. The maximum Gasteiger partial charge on any atom is 0.274 e. The van der Waals surface area contributed by atoms with Crippen LogP contribution in [-0.2, 0) is 5.54 Å². The normalized spacial score (nSPS) is 15.2. The number of nitrogens with zero attached hydrogens (tertiary/aromatic N) is 2. The van der Waals surface area contributed by atoms with Crippen LogP contribution in [0.4, 0.5) is 0 Å². The summed E-state index contributed by atoms with van der Waals surface area (Å²) in [5.41, 5.74) is 2.65. The number of allylic oxidation sites excluding steroid dienone is 2. The SMILES string of the molecule is CC1C=CC=c2[nH]c(=O)c3c(cnn3C(c3ccccc3)(c3ccccc3)c3ccccc3)c2=C1. The van der Waals surface area contributed by atoms with Crippen LogP contribution >= 0.6 is 0 Å². The number of pyridine rings is 1. The van der Waals surface area contributed by atoms with Gasteiger partial charge in [0.2, 0.25) is 0 Å². The Bertz CT molecular complexity index is 1620. The third kappa shape index (κ3) is 3.29. The second kappa shape index (κ2) is 8.41. The lowest BCUT2D eigenvalue weighted by Crippen LogP contribution is -2.41. The zero-order valence-corrected chi connectivity index (χ0v) is 19.4. The highest BCUT2D eigenvalue weighted by atomic mass is 16.1. The molecule has 0 radical (unpaired) electrons. The molecule has 1 N–H and O–H groups in total. The van der Waals surface area contributed by atoms with E-state index in [4.69, 9.17) is 5.10 Å². The first-order valence-electron chi connectivity index (χ1n) is 11.9. The summed E-state index contributed by atoms with van der Waals surface area (Å²) < 4.78 is 1.91. The van der Waals surface area contributed by atoms with Crippen molar-refractivity contribution in [1.82, 2.24) is 14.8 Å². The van der Waals surface area contributed by atoms with E-state index in [-0.39, 0.29) is 11.5 Å². The summed E-state index contributed by atoms with van der Waals surface area (Å²) >= 11 is 0. The molecule has 0 spiro atoms. The molecule has 5 aromatic rings. The van der Waals surface area contributed by atoms with Crippen LogP contribution in [0.25, 0.3) is 23.1 Å². The van der Waals surface area contributed by atoms with Gasteiger partial charge in [0.1, 0.15) is 11.1 Å².